The topological polar surface area (TPSA) is 46.9 Å². The van der Waals surface area contributed by atoms with Crippen LogP contribution in [0.3, 0.4) is 0 Å². The number of para-hydroxylation sites is 1. The van der Waals surface area contributed by atoms with Crippen LogP contribution in [-0.2, 0) is 11.3 Å². The molecule has 4 rings (SSSR count). The highest BCUT2D eigenvalue weighted by molar-refractivity contribution is 5.92. The molecule has 0 fully saturated rings. The summed E-state index contributed by atoms with van der Waals surface area (Å²) in [6.07, 6.45) is 5.33. The molecule has 0 unspecified atom stereocenters. The monoisotopic (exact) mass is 393 g/mol. The van der Waals surface area contributed by atoms with Crippen LogP contribution in [0.15, 0.2) is 97.2 Å². The number of benzene rings is 3. The van der Waals surface area contributed by atoms with Crippen LogP contribution in [0.2, 0.25) is 0 Å². The second-order valence-corrected chi connectivity index (χ2v) is 7.12. The molecule has 0 saturated heterocycles. The summed E-state index contributed by atoms with van der Waals surface area (Å²) in [5.41, 5.74) is 5.97. The van der Waals surface area contributed by atoms with Crippen molar-refractivity contribution in [2.24, 2.45) is 0 Å². The van der Waals surface area contributed by atoms with Crippen LogP contribution in [0.25, 0.3) is 23.0 Å². The molecule has 1 aromatic heterocycles. The Kier molecular flexibility index (Phi) is 5.85. The molecule has 1 N–H and O–H groups in total. The van der Waals surface area contributed by atoms with Crippen LogP contribution < -0.4 is 5.32 Å². The predicted octanol–water partition coefficient (Wildman–Crippen LogP) is 5.18. The smallest absolute Gasteiger partial charge is 0.244 e. The normalized spacial score (nSPS) is 11.0. The van der Waals surface area contributed by atoms with Gasteiger partial charge < -0.3 is 5.32 Å². The lowest BCUT2D eigenvalue weighted by molar-refractivity contribution is -0.116. The van der Waals surface area contributed by atoms with E-state index in [0.717, 1.165) is 28.1 Å². The Morgan fingerprint density at radius 1 is 0.933 bits per heavy atom. The second kappa shape index (κ2) is 9.05. The zero-order chi connectivity index (χ0) is 20.8. The molecule has 4 aromatic rings. The summed E-state index contributed by atoms with van der Waals surface area (Å²) in [6, 6.07) is 28.1. The van der Waals surface area contributed by atoms with Gasteiger partial charge >= 0.3 is 0 Å². The minimum Gasteiger partial charge on any atom is -0.348 e. The van der Waals surface area contributed by atoms with E-state index in [9.17, 15) is 4.79 Å². The molecule has 1 amide bonds. The third-order valence-electron chi connectivity index (χ3n) is 4.81. The molecule has 0 aliphatic carbocycles. The Hall–Kier alpha value is -3.92. The van der Waals surface area contributed by atoms with Crippen LogP contribution in [0.1, 0.15) is 16.7 Å². The van der Waals surface area contributed by atoms with E-state index in [0.29, 0.717) is 6.54 Å². The Bertz CT molecular complexity index is 1140. The molecule has 0 atom stereocenters. The highest BCUT2D eigenvalue weighted by Crippen LogP contribution is 2.25. The Morgan fingerprint density at radius 3 is 2.30 bits per heavy atom. The summed E-state index contributed by atoms with van der Waals surface area (Å²) in [5.74, 6) is -0.138. The Labute approximate surface area is 176 Å². The third kappa shape index (κ3) is 4.73. The van der Waals surface area contributed by atoms with Crippen LogP contribution >= 0.6 is 0 Å². The Morgan fingerprint density at radius 2 is 1.60 bits per heavy atom. The molecule has 148 valence electrons. The average molecular weight is 393 g/mol. The van der Waals surface area contributed by atoms with Crippen molar-refractivity contribution in [3.63, 3.8) is 0 Å². The lowest BCUT2D eigenvalue weighted by Gasteiger charge is -2.02. The summed E-state index contributed by atoms with van der Waals surface area (Å²) in [5, 5.41) is 7.71. The average Bonchev–Trinajstić information content (AvgIpc) is 3.22. The fourth-order valence-electron chi connectivity index (χ4n) is 3.17. The van der Waals surface area contributed by atoms with E-state index in [1.54, 1.807) is 6.08 Å². The minimum absolute atomic E-state index is 0.138. The van der Waals surface area contributed by atoms with Crippen molar-refractivity contribution < 1.29 is 4.79 Å². The summed E-state index contributed by atoms with van der Waals surface area (Å²) in [4.78, 5) is 12.3. The zero-order valence-electron chi connectivity index (χ0n) is 16.8. The first kappa shape index (κ1) is 19.4. The van der Waals surface area contributed by atoms with E-state index in [-0.39, 0.29) is 5.91 Å². The van der Waals surface area contributed by atoms with Crippen LogP contribution in [-0.4, -0.2) is 15.7 Å². The molecule has 4 nitrogen and oxygen atoms in total. The van der Waals surface area contributed by atoms with Crippen LogP contribution in [0.4, 0.5) is 0 Å². The van der Waals surface area contributed by atoms with Crippen LogP contribution in [0, 0.1) is 6.92 Å². The van der Waals surface area contributed by atoms with Crippen LogP contribution in [0.5, 0.6) is 0 Å². The number of hydrogen-bond donors (Lipinski definition) is 1. The van der Waals surface area contributed by atoms with Gasteiger partial charge in [-0.25, -0.2) is 4.68 Å². The quantitative estimate of drug-likeness (QED) is 0.459. The van der Waals surface area contributed by atoms with Gasteiger partial charge in [0.15, 0.2) is 0 Å². The maximum absolute atomic E-state index is 12.3. The van der Waals surface area contributed by atoms with Crippen molar-refractivity contribution in [1.82, 2.24) is 15.1 Å². The molecule has 30 heavy (non-hydrogen) atoms. The van der Waals surface area contributed by atoms with E-state index < -0.39 is 0 Å². The maximum Gasteiger partial charge on any atom is 0.244 e. The Balaban J connectivity index is 1.59. The van der Waals surface area contributed by atoms with Gasteiger partial charge in [-0.05, 0) is 30.7 Å². The molecule has 1 heterocycles. The van der Waals surface area contributed by atoms with Crippen molar-refractivity contribution >= 4 is 12.0 Å². The van der Waals surface area contributed by atoms with Gasteiger partial charge in [0, 0.05) is 29.9 Å². The molecular formula is C26H23N3O. The van der Waals surface area contributed by atoms with Gasteiger partial charge in [0.25, 0.3) is 0 Å². The number of aromatic nitrogens is 2. The predicted molar refractivity (Wildman–Crippen MR) is 121 cm³/mol. The first-order valence-corrected chi connectivity index (χ1v) is 9.91. The highest BCUT2D eigenvalue weighted by atomic mass is 16.1. The van der Waals surface area contributed by atoms with Gasteiger partial charge in [0.05, 0.1) is 11.4 Å². The van der Waals surface area contributed by atoms with E-state index in [1.807, 2.05) is 77.6 Å². The number of nitrogens with zero attached hydrogens (tertiary/aromatic N) is 2. The second-order valence-electron chi connectivity index (χ2n) is 7.12. The first-order valence-electron chi connectivity index (χ1n) is 9.91. The molecule has 0 spiro atoms. The van der Waals surface area contributed by atoms with E-state index >= 15 is 0 Å². The number of nitrogens with one attached hydrogen (secondary N) is 1. The lowest BCUT2D eigenvalue weighted by atomic mass is 10.1. The van der Waals surface area contributed by atoms with Gasteiger partial charge in [-0.2, -0.15) is 5.10 Å². The van der Waals surface area contributed by atoms with Crippen molar-refractivity contribution in [3.8, 4) is 16.9 Å². The van der Waals surface area contributed by atoms with Crippen molar-refractivity contribution in [1.29, 1.82) is 0 Å². The highest BCUT2D eigenvalue weighted by Gasteiger charge is 2.11. The molecule has 0 radical (unpaired) electrons. The molecular weight excluding hydrogens is 370 g/mol. The first-order chi connectivity index (χ1) is 14.7. The molecule has 0 aliphatic rings. The number of hydrogen-bond acceptors (Lipinski definition) is 2. The molecule has 4 heteroatoms. The van der Waals surface area contributed by atoms with Gasteiger partial charge in [0.2, 0.25) is 5.91 Å². The van der Waals surface area contributed by atoms with Crippen molar-refractivity contribution in [2.45, 2.75) is 13.5 Å². The van der Waals surface area contributed by atoms with Crippen molar-refractivity contribution in [2.75, 3.05) is 0 Å². The van der Waals surface area contributed by atoms with E-state index in [1.165, 1.54) is 5.56 Å². The third-order valence-corrected chi connectivity index (χ3v) is 4.81. The van der Waals surface area contributed by atoms with Gasteiger partial charge in [0.1, 0.15) is 0 Å². The molecule has 3 aromatic carbocycles. The van der Waals surface area contributed by atoms with Gasteiger partial charge in [-0.15, -0.1) is 0 Å². The minimum atomic E-state index is -0.138. The standard InChI is InChI=1S/C26H23N3O/c1-20-12-14-22(15-13-20)26-23(19-29(28-26)24-10-6-3-7-11-24)16-17-25(30)27-18-21-8-4-2-5-9-21/h2-17,19H,18H2,1H3,(H,27,30)/b17-16-. The van der Waals surface area contributed by atoms with Gasteiger partial charge in [-0.1, -0.05) is 78.4 Å². The number of rotatable bonds is 6. The fourth-order valence-corrected chi connectivity index (χ4v) is 3.17. The number of aryl methyl sites for hydroxylation is 1. The zero-order valence-corrected chi connectivity index (χ0v) is 16.8. The summed E-state index contributed by atoms with van der Waals surface area (Å²) < 4.78 is 1.84. The molecule has 0 bridgehead atoms. The summed E-state index contributed by atoms with van der Waals surface area (Å²) in [6.45, 7) is 2.56. The summed E-state index contributed by atoms with van der Waals surface area (Å²) in [7, 11) is 0. The maximum atomic E-state index is 12.3. The largest absolute Gasteiger partial charge is 0.348 e. The fraction of sp³-hybridized carbons (Fsp3) is 0.0769. The molecule has 0 aliphatic heterocycles. The molecule has 0 saturated carbocycles. The van der Waals surface area contributed by atoms with E-state index in [4.69, 9.17) is 5.10 Å². The summed E-state index contributed by atoms with van der Waals surface area (Å²) >= 11 is 0. The number of amides is 1. The number of carbonyl (C=O) groups is 1. The SMILES string of the molecule is Cc1ccc(-c2nn(-c3ccccc3)cc2/C=C\C(=O)NCc2ccccc2)cc1. The van der Waals surface area contributed by atoms with Gasteiger partial charge in [-0.3, -0.25) is 4.79 Å². The lowest BCUT2D eigenvalue weighted by Crippen LogP contribution is -2.20. The number of carbonyl (C=O) groups excluding carboxylic acids is 1. The van der Waals surface area contributed by atoms with E-state index in [2.05, 4.69) is 36.5 Å². The van der Waals surface area contributed by atoms with Crippen molar-refractivity contribution in [3.05, 3.63) is 114 Å².